The molecule has 0 radical (unpaired) electrons. The van der Waals surface area contributed by atoms with Crippen LogP contribution in [0.5, 0.6) is 5.75 Å². The highest BCUT2D eigenvalue weighted by Gasteiger charge is 2.28. The van der Waals surface area contributed by atoms with Crippen molar-refractivity contribution in [1.82, 2.24) is 5.09 Å². The summed E-state index contributed by atoms with van der Waals surface area (Å²) in [6, 6.07) is 6.21. The number of hydrogen-bond donors (Lipinski definition) is 1. The van der Waals surface area contributed by atoms with Gasteiger partial charge in [-0.05, 0) is 45.0 Å². The highest BCUT2D eigenvalue weighted by Crippen LogP contribution is 2.25. The second kappa shape index (κ2) is 7.58. The van der Waals surface area contributed by atoms with E-state index in [1.54, 1.807) is 45.0 Å². The minimum atomic E-state index is -2.18. The molecular formula is C12H16BrNO4P+. The minimum absolute atomic E-state index is 0.206. The zero-order valence-electron chi connectivity index (χ0n) is 10.9. The molecular weight excluding hydrogens is 333 g/mol. The molecule has 19 heavy (non-hydrogen) atoms. The third-order valence-electron chi connectivity index (χ3n) is 2.01. The molecule has 1 aromatic carbocycles. The summed E-state index contributed by atoms with van der Waals surface area (Å²) in [5.74, 6) is -0.000931. The van der Waals surface area contributed by atoms with Crippen molar-refractivity contribution < 1.29 is 18.6 Å². The van der Waals surface area contributed by atoms with E-state index in [1.165, 1.54) is 0 Å². The minimum Gasteiger partial charge on any atom is -0.462 e. The number of carbonyl (C=O) groups excluding carboxylic acids is 1. The maximum absolute atomic E-state index is 11.7. The summed E-state index contributed by atoms with van der Waals surface area (Å²) >= 11 is 3.29. The van der Waals surface area contributed by atoms with Crippen molar-refractivity contribution in [2.24, 2.45) is 0 Å². The highest BCUT2D eigenvalue weighted by molar-refractivity contribution is 9.10. The molecule has 0 fully saturated rings. The first-order valence-corrected chi connectivity index (χ1v) is 7.73. The molecule has 104 valence electrons. The van der Waals surface area contributed by atoms with Crippen molar-refractivity contribution in [3.63, 3.8) is 0 Å². The van der Waals surface area contributed by atoms with Crippen LogP contribution in [0.15, 0.2) is 28.7 Å². The Balaban J connectivity index is 2.46. The van der Waals surface area contributed by atoms with Gasteiger partial charge in [0.05, 0.1) is 6.10 Å². The fourth-order valence-corrected chi connectivity index (χ4v) is 2.21. The standard InChI is InChI=1S/C12H16BrNO4P/c1-8(2)17-12(15)9(3)14-19(16)18-11-6-4-10(13)5-7-11/h4-9H,1-3H3,(H,14,16)/q+1/t9-/m0/s1. The Morgan fingerprint density at radius 3 is 2.37 bits per heavy atom. The maximum atomic E-state index is 11.7. The lowest BCUT2D eigenvalue weighted by atomic mass is 10.3. The largest absolute Gasteiger partial charge is 0.664 e. The average molecular weight is 349 g/mol. The van der Waals surface area contributed by atoms with Gasteiger partial charge in [-0.25, -0.2) is 4.52 Å². The molecule has 0 bridgehead atoms. The molecule has 1 aromatic rings. The Kier molecular flexibility index (Phi) is 6.42. The second-order valence-corrected chi connectivity index (χ2v) is 6.01. The molecule has 0 aliphatic heterocycles. The number of nitrogens with one attached hydrogen (secondary N) is 1. The summed E-state index contributed by atoms with van der Waals surface area (Å²) in [5, 5.41) is 2.55. The van der Waals surface area contributed by atoms with Crippen LogP contribution in [-0.4, -0.2) is 18.1 Å². The lowest BCUT2D eigenvalue weighted by molar-refractivity contribution is -0.148. The molecule has 0 heterocycles. The Morgan fingerprint density at radius 1 is 1.26 bits per heavy atom. The van der Waals surface area contributed by atoms with Crippen LogP contribution in [0.2, 0.25) is 0 Å². The summed E-state index contributed by atoms with van der Waals surface area (Å²) in [4.78, 5) is 11.5. The Bertz CT molecular complexity index is 450. The molecule has 0 saturated carbocycles. The second-order valence-electron chi connectivity index (χ2n) is 4.14. The van der Waals surface area contributed by atoms with E-state index >= 15 is 0 Å². The van der Waals surface area contributed by atoms with E-state index in [2.05, 4.69) is 21.0 Å². The fraction of sp³-hybridized carbons (Fsp3) is 0.417. The smallest absolute Gasteiger partial charge is 0.462 e. The molecule has 7 heteroatoms. The molecule has 0 aliphatic rings. The quantitative estimate of drug-likeness (QED) is 0.630. The summed E-state index contributed by atoms with van der Waals surface area (Å²) < 4.78 is 22.7. The van der Waals surface area contributed by atoms with Crippen molar-refractivity contribution in [1.29, 1.82) is 0 Å². The molecule has 1 unspecified atom stereocenters. The average Bonchev–Trinajstić information content (AvgIpc) is 2.31. The van der Waals surface area contributed by atoms with E-state index in [9.17, 15) is 9.36 Å². The number of benzene rings is 1. The lowest BCUT2D eigenvalue weighted by Crippen LogP contribution is -2.33. The van der Waals surface area contributed by atoms with E-state index in [0.717, 1.165) is 4.47 Å². The third-order valence-corrected chi connectivity index (χ3v) is 3.51. The van der Waals surface area contributed by atoms with Gasteiger partial charge >= 0.3 is 14.1 Å². The van der Waals surface area contributed by atoms with Gasteiger partial charge in [0.2, 0.25) is 0 Å². The van der Waals surface area contributed by atoms with Crippen molar-refractivity contribution in [3.8, 4) is 5.75 Å². The monoisotopic (exact) mass is 348 g/mol. The zero-order chi connectivity index (χ0) is 14.4. The number of rotatable bonds is 6. The van der Waals surface area contributed by atoms with Crippen LogP contribution in [0.3, 0.4) is 0 Å². The first kappa shape index (κ1) is 16.1. The van der Waals surface area contributed by atoms with Gasteiger partial charge in [-0.3, -0.25) is 4.79 Å². The van der Waals surface area contributed by atoms with E-state index in [4.69, 9.17) is 9.26 Å². The first-order valence-electron chi connectivity index (χ1n) is 5.76. The van der Waals surface area contributed by atoms with Crippen LogP contribution in [0.4, 0.5) is 0 Å². The molecule has 0 spiro atoms. The van der Waals surface area contributed by atoms with Crippen LogP contribution in [-0.2, 0) is 14.1 Å². The van der Waals surface area contributed by atoms with E-state index in [-0.39, 0.29) is 6.10 Å². The van der Waals surface area contributed by atoms with Crippen LogP contribution >= 0.6 is 24.1 Å². The van der Waals surface area contributed by atoms with Gasteiger partial charge in [-0.2, -0.15) is 0 Å². The molecule has 2 atom stereocenters. The summed E-state index contributed by atoms with van der Waals surface area (Å²) in [6.45, 7) is 5.08. The molecule has 0 aromatic heterocycles. The van der Waals surface area contributed by atoms with Gasteiger partial charge in [0.25, 0.3) is 0 Å². The van der Waals surface area contributed by atoms with Gasteiger partial charge in [-0.15, -0.1) is 0 Å². The summed E-state index contributed by atoms with van der Waals surface area (Å²) in [5.41, 5.74) is 0. The van der Waals surface area contributed by atoms with Gasteiger partial charge < -0.3 is 4.74 Å². The van der Waals surface area contributed by atoms with Gasteiger partial charge in [0.1, 0.15) is 6.04 Å². The summed E-state index contributed by atoms with van der Waals surface area (Å²) in [7, 11) is -2.18. The number of ether oxygens (including phenoxy) is 1. The zero-order valence-corrected chi connectivity index (χ0v) is 13.4. The van der Waals surface area contributed by atoms with Crippen LogP contribution < -0.4 is 9.61 Å². The van der Waals surface area contributed by atoms with Crippen LogP contribution in [0.25, 0.3) is 0 Å². The predicted molar refractivity (Wildman–Crippen MR) is 76.2 cm³/mol. The molecule has 1 rings (SSSR count). The van der Waals surface area contributed by atoms with Crippen LogP contribution in [0.1, 0.15) is 20.8 Å². The maximum Gasteiger partial charge on any atom is 0.664 e. The van der Waals surface area contributed by atoms with E-state index in [0.29, 0.717) is 5.75 Å². The number of carbonyl (C=O) groups is 1. The number of hydrogen-bond acceptors (Lipinski definition) is 4. The lowest BCUT2D eigenvalue weighted by Gasteiger charge is -2.10. The first-order chi connectivity index (χ1) is 8.88. The summed E-state index contributed by atoms with van der Waals surface area (Å²) in [6.07, 6.45) is -0.206. The van der Waals surface area contributed by atoms with Crippen molar-refractivity contribution >= 4 is 30.1 Å². The SMILES string of the molecule is CC(C)OC(=O)[C@H](C)N[P+](=O)Oc1ccc(Br)cc1. The highest BCUT2D eigenvalue weighted by atomic mass is 79.9. The van der Waals surface area contributed by atoms with E-state index in [1.807, 2.05) is 0 Å². The van der Waals surface area contributed by atoms with Gasteiger partial charge in [0.15, 0.2) is 5.75 Å². The molecule has 1 N–H and O–H groups in total. The normalized spacial score (nSPS) is 13.0. The molecule has 0 amide bonds. The topological polar surface area (TPSA) is 64.6 Å². The Labute approximate surface area is 121 Å². The molecule has 0 saturated heterocycles. The van der Waals surface area contributed by atoms with Gasteiger partial charge in [-0.1, -0.05) is 21.0 Å². The molecule has 5 nitrogen and oxygen atoms in total. The van der Waals surface area contributed by atoms with Crippen molar-refractivity contribution in [3.05, 3.63) is 28.7 Å². The van der Waals surface area contributed by atoms with Gasteiger partial charge in [0, 0.05) is 9.04 Å². The number of esters is 1. The van der Waals surface area contributed by atoms with Crippen LogP contribution in [0, 0.1) is 0 Å². The Morgan fingerprint density at radius 2 is 1.84 bits per heavy atom. The number of halogens is 1. The van der Waals surface area contributed by atoms with Crippen molar-refractivity contribution in [2.75, 3.05) is 0 Å². The molecule has 0 aliphatic carbocycles. The fourth-order valence-electron chi connectivity index (χ4n) is 1.16. The Hall–Kier alpha value is -0.970. The van der Waals surface area contributed by atoms with E-state index < -0.39 is 20.2 Å². The van der Waals surface area contributed by atoms with Crippen molar-refractivity contribution in [2.45, 2.75) is 32.9 Å². The third kappa shape index (κ3) is 6.14. The predicted octanol–water partition coefficient (Wildman–Crippen LogP) is 3.42.